The van der Waals surface area contributed by atoms with Crippen molar-refractivity contribution in [1.82, 2.24) is 14.9 Å². The van der Waals surface area contributed by atoms with Crippen molar-refractivity contribution in [3.63, 3.8) is 0 Å². The Morgan fingerprint density at radius 3 is 2.49 bits per heavy atom. The molecule has 2 heterocycles. The molecule has 2 aliphatic rings. The van der Waals surface area contributed by atoms with E-state index in [-0.39, 0.29) is 17.6 Å². The van der Waals surface area contributed by atoms with E-state index >= 15 is 0 Å². The molecule has 6 nitrogen and oxygen atoms in total. The molecule has 1 aromatic heterocycles. The van der Waals surface area contributed by atoms with Gasteiger partial charge in [-0.15, -0.1) is 6.58 Å². The molecule has 6 heteroatoms. The molecule has 4 aromatic rings. The second kappa shape index (κ2) is 10.3. The number of fused-ring (bicyclic) bond motifs is 1. The summed E-state index contributed by atoms with van der Waals surface area (Å²) in [5, 5.41) is 18.8. The fourth-order valence-corrected chi connectivity index (χ4v) is 5.87. The van der Waals surface area contributed by atoms with Crippen molar-refractivity contribution in [2.24, 2.45) is 11.8 Å². The average Bonchev–Trinajstić information content (AvgIpc) is 3.40. The molecule has 6 rings (SSSR count). The van der Waals surface area contributed by atoms with Crippen molar-refractivity contribution in [1.29, 1.82) is 5.26 Å². The topological polar surface area (TPSA) is 90.1 Å². The Kier molecular flexibility index (Phi) is 6.58. The Hall–Kier alpha value is -4.50. The summed E-state index contributed by atoms with van der Waals surface area (Å²) in [6, 6.07) is 22.4. The van der Waals surface area contributed by atoms with Crippen LogP contribution in [0.25, 0.3) is 22.3 Å². The summed E-state index contributed by atoms with van der Waals surface area (Å²) in [6.45, 7) is 5.30. The van der Waals surface area contributed by atoms with Gasteiger partial charge in [0.15, 0.2) is 0 Å². The molecule has 2 atom stereocenters. The lowest BCUT2D eigenvalue weighted by Crippen LogP contribution is -2.48. The summed E-state index contributed by atoms with van der Waals surface area (Å²) in [6.07, 6.45) is 6.28. The molecule has 1 aliphatic carbocycles. The van der Waals surface area contributed by atoms with Crippen molar-refractivity contribution in [3.8, 4) is 23.1 Å². The molecule has 1 N–H and O–H groups in total. The fraction of sp³-hybridized carbons (Fsp3) is 0.273. The lowest BCUT2D eigenvalue weighted by atomic mass is 9.90. The number of allylic oxidation sites excluding steroid dienone is 1. The average molecular weight is 515 g/mol. The van der Waals surface area contributed by atoms with Crippen LogP contribution in [0.1, 0.15) is 52.4 Å². The molecule has 2 fully saturated rings. The molecular formula is C33H30N4O2. The van der Waals surface area contributed by atoms with Gasteiger partial charge in [0.05, 0.1) is 34.1 Å². The van der Waals surface area contributed by atoms with Gasteiger partial charge in [0.1, 0.15) is 5.75 Å². The molecule has 1 saturated carbocycles. The van der Waals surface area contributed by atoms with E-state index in [1.807, 2.05) is 59.5 Å². The highest BCUT2D eigenvalue weighted by molar-refractivity contribution is 5.98. The highest BCUT2D eigenvalue weighted by Gasteiger charge is 2.32. The van der Waals surface area contributed by atoms with Crippen LogP contribution in [0.15, 0.2) is 79.4 Å². The summed E-state index contributed by atoms with van der Waals surface area (Å²) in [5.74, 6) is 1.56. The van der Waals surface area contributed by atoms with Crippen LogP contribution in [0.3, 0.4) is 0 Å². The highest BCUT2D eigenvalue weighted by atomic mass is 16.3. The van der Waals surface area contributed by atoms with E-state index in [1.165, 1.54) is 0 Å². The minimum absolute atomic E-state index is 0.00243. The number of aromatic nitrogens is 2. The van der Waals surface area contributed by atoms with Gasteiger partial charge < -0.3 is 10.0 Å². The normalized spacial score (nSPS) is 19.0. The molecule has 1 aliphatic heterocycles. The van der Waals surface area contributed by atoms with Crippen LogP contribution >= 0.6 is 0 Å². The summed E-state index contributed by atoms with van der Waals surface area (Å²) in [7, 11) is 0. The van der Waals surface area contributed by atoms with Gasteiger partial charge in [0.2, 0.25) is 0 Å². The van der Waals surface area contributed by atoms with Crippen molar-refractivity contribution in [2.75, 3.05) is 13.1 Å². The van der Waals surface area contributed by atoms with Crippen LogP contribution in [0.5, 0.6) is 5.75 Å². The van der Waals surface area contributed by atoms with E-state index in [9.17, 15) is 9.90 Å². The molecular weight excluding hydrogens is 484 g/mol. The van der Waals surface area contributed by atoms with Gasteiger partial charge in [-0.25, -0.2) is 9.97 Å². The molecule has 2 unspecified atom stereocenters. The molecule has 194 valence electrons. The van der Waals surface area contributed by atoms with Crippen molar-refractivity contribution in [2.45, 2.75) is 31.6 Å². The van der Waals surface area contributed by atoms with Gasteiger partial charge in [-0.3, -0.25) is 4.79 Å². The zero-order valence-electron chi connectivity index (χ0n) is 21.8. The number of nitriles is 1. The van der Waals surface area contributed by atoms with Gasteiger partial charge in [0, 0.05) is 30.1 Å². The summed E-state index contributed by atoms with van der Waals surface area (Å²) in [4.78, 5) is 25.2. The zero-order chi connectivity index (χ0) is 26.9. The van der Waals surface area contributed by atoms with Crippen LogP contribution in [0, 0.1) is 23.2 Å². The van der Waals surface area contributed by atoms with Crippen molar-refractivity contribution in [3.05, 3.63) is 102 Å². The lowest BCUT2D eigenvalue weighted by Gasteiger charge is -2.39. The molecule has 0 bridgehead atoms. The second-order valence-electron chi connectivity index (χ2n) is 10.8. The summed E-state index contributed by atoms with van der Waals surface area (Å²) in [5.41, 5.74) is 6.56. The molecule has 1 amide bonds. The van der Waals surface area contributed by atoms with E-state index in [0.29, 0.717) is 36.1 Å². The summed E-state index contributed by atoms with van der Waals surface area (Å²) >= 11 is 0. The van der Waals surface area contributed by atoms with Gasteiger partial charge in [-0.1, -0.05) is 18.2 Å². The van der Waals surface area contributed by atoms with Gasteiger partial charge in [-0.05, 0) is 97.7 Å². The van der Waals surface area contributed by atoms with Gasteiger partial charge in [0.25, 0.3) is 5.91 Å². The third-order valence-electron chi connectivity index (χ3n) is 8.20. The van der Waals surface area contributed by atoms with E-state index in [4.69, 9.17) is 15.2 Å². The second-order valence-corrected chi connectivity index (χ2v) is 10.8. The van der Waals surface area contributed by atoms with Gasteiger partial charge >= 0.3 is 0 Å². The number of aromatic hydroxyl groups is 1. The lowest BCUT2D eigenvalue weighted by molar-refractivity contribution is 0.0602. The van der Waals surface area contributed by atoms with E-state index < -0.39 is 0 Å². The number of amides is 1. The van der Waals surface area contributed by atoms with Crippen molar-refractivity contribution < 1.29 is 9.90 Å². The maximum Gasteiger partial charge on any atom is 0.253 e. The first-order valence-electron chi connectivity index (χ1n) is 13.5. The molecule has 3 aromatic carbocycles. The number of rotatable bonds is 6. The van der Waals surface area contributed by atoms with E-state index in [1.54, 1.807) is 12.1 Å². The number of likely N-dealkylation sites (tertiary alicyclic amines) is 1. The van der Waals surface area contributed by atoms with Crippen molar-refractivity contribution >= 4 is 16.9 Å². The Morgan fingerprint density at radius 2 is 1.79 bits per heavy atom. The molecule has 39 heavy (non-hydrogen) atoms. The Balaban J connectivity index is 1.26. The number of hydrogen-bond acceptors (Lipinski definition) is 5. The first kappa shape index (κ1) is 24.8. The molecule has 0 spiro atoms. The van der Waals surface area contributed by atoms with Gasteiger partial charge in [-0.2, -0.15) is 5.26 Å². The molecule has 0 radical (unpaired) electrons. The standard InChI is InChI=1S/C33H30N4O2/c1-2-21-3-4-23(15-21)16-31-32(25-9-12-28(38)13-10-25)36-29-14-11-26(17-30(29)35-31)33(39)37-19-27(20-37)24-7-5-22(18-34)6-8-24/h2,5-14,17,21,23,27,38H,1,3-4,15-16,19-20H2. The number of phenols is 1. The Labute approximate surface area is 228 Å². The van der Waals surface area contributed by atoms with Crippen LogP contribution in [0.2, 0.25) is 0 Å². The van der Waals surface area contributed by atoms with Crippen LogP contribution < -0.4 is 0 Å². The van der Waals surface area contributed by atoms with Crippen LogP contribution in [-0.2, 0) is 6.42 Å². The fourth-order valence-electron chi connectivity index (χ4n) is 5.87. The smallest absolute Gasteiger partial charge is 0.253 e. The maximum absolute atomic E-state index is 13.3. The Bertz CT molecular complexity index is 1580. The Morgan fingerprint density at radius 1 is 1.03 bits per heavy atom. The number of nitrogens with zero attached hydrogens (tertiary/aromatic N) is 4. The first-order chi connectivity index (χ1) is 19.0. The summed E-state index contributed by atoms with van der Waals surface area (Å²) < 4.78 is 0. The monoisotopic (exact) mass is 514 g/mol. The van der Waals surface area contributed by atoms with Crippen LogP contribution in [-0.4, -0.2) is 39.0 Å². The predicted octanol–water partition coefficient (Wildman–Crippen LogP) is 6.26. The largest absolute Gasteiger partial charge is 0.508 e. The van der Waals surface area contributed by atoms with Crippen LogP contribution in [0.4, 0.5) is 0 Å². The first-order valence-corrected chi connectivity index (χ1v) is 13.5. The third-order valence-corrected chi connectivity index (χ3v) is 8.20. The quantitative estimate of drug-likeness (QED) is 0.307. The van der Waals surface area contributed by atoms with E-state index in [0.717, 1.165) is 59.2 Å². The minimum Gasteiger partial charge on any atom is -0.508 e. The highest BCUT2D eigenvalue weighted by Crippen LogP contribution is 2.36. The van der Waals surface area contributed by atoms with E-state index in [2.05, 4.69) is 18.7 Å². The number of carbonyl (C=O) groups excluding carboxylic acids is 1. The molecule has 1 saturated heterocycles. The number of phenolic OH excluding ortho intramolecular Hbond substituents is 1. The number of carbonyl (C=O) groups is 1. The SMILES string of the molecule is C=CC1CCC(Cc2nc3cc(C(=O)N4CC(c5ccc(C#N)cc5)C4)ccc3nc2-c2ccc(O)cc2)C1. The maximum atomic E-state index is 13.3. The minimum atomic E-state index is -0.00243. The zero-order valence-corrected chi connectivity index (χ0v) is 21.8. The number of benzene rings is 3. The third kappa shape index (κ3) is 5.00. The number of hydrogen-bond donors (Lipinski definition) is 1. The predicted molar refractivity (Wildman–Crippen MR) is 151 cm³/mol.